The highest BCUT2D eigenvalue weighted by atomic mass is 35.5. The van der Waals surface area contributed by atoms with Gasteiger partial charge in [0.05, 0.1) is 32.5 Å². The zero-order valence-electron chi connectivity index (χ0n) is 18.9. The Hall–Kier alpha value is -3.97. The van der Waals surface area contributed by atoms with Gasteiger partial charge < -0.3 is 23.7 Å². The van der Waals surface area contributed by atoms with E-state index in [2.05, 4.69) is 0 Å². The maximum Gasteiger partial charge on any atom is 0.343 e. The number of allylic oxidation sites excluding steroid dienone is 1. The molecular weight excluding hydrogens is 460 g/mol. The second-order valence-corrected chi connectivity index (χ2v) is 7.74. The molecule has 0 aliphatic carbocycles. The largest absolute Gasteiger partial charge is 0.493 e. The molecule has 3 aromatic carbocycles. The Morgan fingerprint density at radius 3 is 2.24 bits per heavy atom. The van der Waals surface area contributed by atoms with E-state index < -0.39 is 5.97 Å². The van der Waals surface area contributed by atoms with Crippen LogP contribution in [0.25, 0.3) is 6.08 Å². The minimum Gasteiger partial charge on any atom is -0.493 e. The average molecular weight is 481 g/mol. The van der Waals surface area contributed by atoms with Crippen LogP contribution in [0.5, 0.6) is 28.7 Å². The number of methoxy groups -OCH3 is 3. The van der Waals surface area contributed by atoms with Gasteiger partial charge in [-0.15, -0.1) is 0 Å². The summed E-state index contributed by atoms with van der Waals surface area (Å²) >= 11 is 6.20. The minimum atomic E-state index is -0.640. The van der Waals surface area contributed by atoms with Crippen LogP contribution in [-0.4, -0.2) is 33.1 Å². The van der Waals surface area contributed by atoms with Crippen LogP contribution in [-0.2, 0) is 0 Å². The Morgan fingerprint density at radius 2 is 1.62 bits per heavy atom. The molecule has 0 saturated carbocycles. The van der Waals surface area contributed by atoms with Crippen LogP contribution in [0.15, 0.2) is 54.3 Å². The first kappa shape index (κ1) is 23.2. The number of benzene rings is 3. The van der Waals surface area contributed by atoms with Crippen molar-refractivity contribution in [1.29, 1.82) is 0 Å². The number of carbonyl (C=O) groups is 2. The van der Waals surface area contributed by atoms with Crippen LogP contribution in [0.3, 0.4) is 0 Å². The smallest absolute Gasteiger partial charge is 0.343 e. The number of halogens is 1. The number of ketones is 1. The lowest BCUT2D eigenvalue weighted by atomic mass is 10.1. The third kappa shape index (κ3) is 4.18. The van der Waals surface area contributed by atoms with Gasteiger partial charge in [0, 0.05) is 10.6 Å². The van der Waals surface area contributed by atoms with E-state index in [-0.39, 0.29) is 22.9 Å². The summed E-state index contributed by atoms with van der Waals surface area (Å²) in [7, 11) is 4.39. The Balaban J connectivity index is 1.63. The van der Waals surface area contributed by atoms with Crippen molar-refractivity contribution in [3.63, 3.8) is 0 Å². The summed E-state index contributed by atoms with van der Waals surface area (Å²) in [6.07, 6.45) is 1.59. The maximum atomic E-state index is 12.9. The number of Topliss-reactive ketones (excluding diaryl/α,β-unsaturated/α-hetero) is 1. The molecule has 1 heterocycles. The van der Waals surface area contributed by atoms with Crippen LogP contribution in [0, 0.1) is 6.92 Å². The molecule has 0 fully saturated rings. The Morgan fingerprint density at radius 1 is 0.941 bits per heavy atom. The van der Waals surface area contributed by atoms with Crippen LogP contribution >= 0.6 is 11.6 Å². The molecule has 1 aliphatic heterocycles. The molecule has 0 unspecified atom stereocenters. The fraction of sp³-hybridized carbons (Fsp3) is 0.154. The quantitative estimate of drug-likeness (QED) is 0.261. The lowest BCUT2D eigenvalue weighted by Gasteiger charge is -2.14. The highest BCUT2D eigenvalue weighted by Gasteiger charge is 2.31. The van der Waals surface area contributed by atoms with Gasteiger partial charge in [-0.1, -0.05) is 29.8 Å². The molecule has 1 aliphatic rings. The standard InChI is InChI=1S/C26H21ClO7/c1-14-19(34-26(29)16-12-21(30-2)25(32-4)22(13-16)31-3)10-9-17-23(28)20(33-24(14)17)11-15-7-5-6-8-18(15)27/h5-13H,1-4H3/b20-11-. The normalized spacial score (nSPS) is 13.3. The van der Waals surface area contributed by atoms with E-state index in [1.165, 1.54) is 33.5 Å². The molecule has 8 heteroatoms. The summed E-state index contributed by atoms with van der Waals surface area (Å²) in [5.41, 5.74) is 1.75. The van der Waals surface area contributed by atoms with Crippen molar-refractivity contribution in [2.24, 2.45) is 0 Å². The van der Waals surface area contributed by atoms with E-state index in [1.54, 1.807) is 43.3 Å². The summed E-state index contributed by atoms with van der Waals surface area (Å²) in [6.45, 7) is 1.71. The van der Waals surface area contributed by atoms with Crippen molar-refractivity contribution in [2.75, 3.05) is 21.3 Å². The molecule has 174 valence electrons. The van der Waals surface area contributed by atoms with Crippen molar-refractivity contribution in [1.82, 2.24) is 0 Å². The Labute approximate surface area is 201 Å². The maximum absolute atomic E-state index is 12.9. The van der Waals surface area contributed by atoms with Crippen LogP contribution in [0.1, 0.15) is 31.8 Å². The van der Waals surface area contributed by atoms with Crippen molar-refractivity contribution < 1.29 is 33.3 Å². The molecule has 0 saturated heterocycles. The van der Waals surface area contributed by atoms with Crippen molar-refractivity contribution in [2.45, 2.75) is 6.92 Å². The molecule has 0 atom stereocenters. The number of fused-ring (bicyclic) bond motifs is 1. The number of carbonyl (C=O) groups excluding carboxylic acids is 2. The third-order valence-corrected chi connectivity index (χ3v) is 5.68. The van der Waals surface area contributed by atoms with Gasteiger partial charge in [0.2, 0.25) is 11.5 Å². The molecule has 3 aromatic rings. The first-order valence-electron chi connectivity index (χ1n) is 10.2. The Kier molecular flexibility index (Phi) is 6.47. The van der Waals surface area contributed by atoms with Crippen molar-refractivity contribution in [3.8, 4) is 28.7 Å². The fourth-order valence-electron chi connectivity index (χ4n) is 3.57. The highest BCUT2D eigenvalue weighted by molar-refractivity contribution is 6.32. The Bertz CT molecular complexity index is 1300. The molecular formula is C26H21ClO7. The summed E-state index contributed by atoms with van der Waals surface area (Å²) in [5, 5.41) is 0.499. The van der Waals surface area contributed by atoms with Gasteiger partial charge in [0.1, 0.15) is 11.5 Å². The minimum absolute atomic E-state index is 0.138. The third-order valence-electron chi connectivity index (χ3n) is 5.33. The number of esters is 1. The van der Waals surface area contributed by atoms with Gasteiger partial charge in [0.15, 0.2) is 17.3 Å². The summed E-state index contributed by atoms with van der Waals surface area (Å²) in [4.78, 5) is 25.7. The van der Waals surface area contributed by atoms with Crippen LogP contribution < -0.4 is 23.7 Å². The second kappa shape index (κ2) is 9.49. The van der Waals surface area contributed by atoms with Gasteiger partial charge in [-0.25, -0.2) is 4.79 Å². The second-order valence-electron chi connectivity index (χ2n) is 7.33. The average Bonchev–Trinajstić information content (AvgIpc) is 3.17. The van der Waals surface area contributed by atoms with Crippen molar-refractivity contribution >= 4 is 29.4 Å². The number of rotatable bonds is 6. The first-order chi connectivity index (χ1) is 16.4. The molecule has 0 bridgehead atoms. The summed E-state index contributed by atoms with van der Waals surface area (Å²) < 4.78 is 27.3. The number of hydrogen-bond donors (Lipinski definition) is 0. The van der Waals surface area contributed by atoms with Gasteiger partial charge in [0.25, 0.3) is 0 Å². The van der Waals surface area contributed by atoms with Gasteiger partial charge >= 0.3 is 5.97 Å². The molecule has 0 N–H and O–H groups in total. The molecule has 0 aromatic heterocycles. The first-order valence-corrected chi connectivity index (χ1v) is 10.6. The monoisotopic (exact) mass is 480 g/mol. The lowest BCUT2D eigenvalue weighted by molar-refractivity contribution is 0.0732. The summed E-state index contributed by atoms with van der Waals surface area (Å²) in [5.74, 6) is 0.812. The summed E-state index contributed by atoms with van der Waals surface area (Å²) in [6, 6.07) is 13.2. The predicted octanol–water partition coefficient (Wildman–Crippen LogP) is 5.51. The van der Waals surface area contributed by atoms with E-state index in [0.717, 1.165) is 0 Å². The number of hydrogen-bond acceptors (Lipinski definition) is 7. The molecule has 4 rings (SSSR count). The topological polar surface area (TPSA) is 80.3 Å². The molecule has 0 amide bonds. The molecule has 34 heavy (non-hydrogen) atoms. The SMILES string of the molecule is COc1cc(C(=O)Oc2ccc3c(c2C)O/C(=C\c2ccccc2Cl)C3=O)cc(OC)c1OC. The van der Waals surface area contributed by atoms with Crippen LogP contribution in [0.2, 0.25) is 5.02 Å². The predicted molar refractivity (Wildman–Crippen MR) is 127 cm³/mol. The van der Waals surface area contributed by atoms with E-state index >= 15 is 0 Å². The van der Waals surface area contributed by atoms with Crippen LogP contribution in [0.4, 0.5) is 0 Å². The molecule has 0 radical (unpaired) electrons. The molecule has 0 spiro atoms. The van der Waals surface area contributed by atoms with Gasteiger partial charge in [-0.3, -0.25) is 4.79 Å². The van der Waals surface area contributed by atoms with Gasteiger partial charge in [-0.05, 0) is 48.9 Å². The van der Waals surface area contributed by atoms with Gasteiger partial charge in [-0.2, -0.15) is 0 Å². The fourth-order valence-corrected chi connectivity index (χ4v) is 3.76. The van der Waals surface area contributed by atoms with E-state index in [1.807, 2.05) is 6.07 Å². The van der Waals surface area contributed by atoms with E-state index in [9.17, 15) is 9.59 Å². The zero-order chi connectivity index (χ0) is 24.4. The molecule has 7 nitrogen and oxygen atoms in total. The van der Waals surface area contributed by atoms with E-state index in [0.29, 0.717) is 44.7 Å². The van der Waals surface area contributed by atoms with Crippen molar-refractivity contribution in [3.05, 3.63) is 81.6 Å². The number of ether oxygens (including phenoxy) is 5. The van der Waals surface area contributed by atoms with E-state index in [4.69, 9.17) is 35.3 Å². The lowest BCUT2D eigenvalue weighted by Crippen LogP contribution is -2.10. The highest BCUT2D eigenvalue weighted by Crippen LogP contribution is 2.41. The zero-order valence-corrected chi connectivity index (χ0v) is 19.7.